The summed E-state index contributed by atoms with van der Waals surface area (Å²) in [6.45, 7) is 0. The van der Waals surface area contributed by atoms with E-state index in [1.165, 1.54) is 30.5 Å². The Bertz CT molecular complexity index is 1520. The first-order valence-electron chi connectivity index (χ1n) is 10.1. The minimum Gasteiger partial charge on any atom is -0.365 e. The van der Waals surface area contributed by atoms with Gasteiger partial charge in [-0.25, -0.2) is 4.39 Å². The Balaban J connectivity index is 1.63. The Morgan fingerprint density at radius 3 is 2.55 bits per heavy atom. The molecule has 3 heterocycles. The molecule has 8 heteroatoms. The largest absolute Gasteiger partial charge is 0.365 e. The van der Waals surface area contributed by atoms with Crippen LogP contribution in [0.25, 0.3) is 28.5 Å². The summed E-state index contributed by atoms with van der Waals surface area (Å²) in [5, 5.41) is 2.81. The van der Waals surface area contributed by atoms with Gasteiger partial charge >= 0.3 is 0 Å². The summed E-state index contributed by atoms with van der Waals surface area (Å²) < 4.78 is 15.3. The quantitative estimate of drug-likeness (QED) is 0.422. The van der Waals surface area contributed by atoms with Crippen molar-refractivity contribution in [3.8, 4) is 16.8 Å². The number of carbonyl (C=O) groups is 2. The number of nitrogens with zero attached hydrogens (tertiary/aromatic N) is 1. The van der Waals surface area contributed by atoms with Gasteiger partial charge in [0.1, 0.15) is 11.4 Å². The van der Waals surface area contributed by atoms with Crippen molar-refractivity contribution >= 4 is 29.2 Å². The van der Waals surface area contributed by atoms with Gasteiger partial charge in [-0.2, -0.15) is 0 Å². The standard InChI is InChI=1S/C25H17FN4O3/c26-19-5-1-2-6-21(19)30-11-9-16(22(23(27)31)25(30)33)14-7-8-17-18(13-15-4-3-10-28-15)24(32)29-20(17)12-14/h1-13,28H,(H2,27,31)(H,29,32). The minimum absolute atomic E-state index is 0.0110. The van der Waals surface area contributed by atoms with Crippen molar-refractivity contribution in [3.05, 3.63) is 106 Å². The second-order valence-electron chi connectivity index (χ2n) is 7.49. The number of nitrogens with two attached hydrogens (primary N) is 1. The van der Waals surface area contributed by atoms with Gasteiger partial charge in [-0.05, 0) is 48.0 Å². The number of anilines is 1. The Morgan fingerprint density at radius 2 is 1.82 bits per heavy atom. The molecule has 0 bridgehead atoms. The van der Waals surface area contributed by atoms with Crippen LogP contribution in [0.3, 0.4) is 0 Å². The number of hydrogen-bond acceptors (Lipinski definition) is 3. The maximum absolute atomic E-state index is 14.2. The van der Waals surface area contributed by atoms with Gasteiger partial charge in [-0.15, -0.1) is 0 Å². The van der Waals surface area contributed by atoms with Gasteiger partial charge in [0, 0.05) is 34.9 Å². The van der Waals surface area contributed by atoms with Crippen molar-refractivity contribution in [2.24, 2.45) is 5.73 Å². The SMILES string of the molecule is NC(=O)c1c(-c2ccc3c(c2)NC(=O)C3=Cc2ccc[nH]2)ccn(-c2ccccc2F)c1=O. The summed E-state index contributed by atoms with van der Waals surface area (Å²) in [7, 11) is 0. The van der Waals surface area contributed by atoms with Crippen LogP contribution in [0.4, 0.5) is 10.1 Å². The molecular formula is C25H17FN4O3. The molecule has 2 aromatic carbocycles. The van der Waals surface area contributed by atoms with E-state index in [4.69, 9.17) is 5.73 Å². The zero-order valence-corrected chi connectivity index (χ0v) is 17.1. The highest BCUT2D eigenvalue weighted by molar-refractivity contribution is 6.35. The van der Waals surface area contributed by atoms with Gasteiger partial charge in [-0.3, -0.25) is 19.0 Å². The van der Waals surface area contributed by atoms with Gasteiger partial charge in [0.25, 0.3) is 17.4 Å². The fourth-order valence-electron chi connectivity index (χ4n) is 3.95. The Labute approximate surface area is 187 Å². The molecule has 2 amide bonds. The molecule has 0 atom stereocenters. The van der Waals surface area contributed by atoms with E-state index in [1.54, 1.807) is 36.5 Å². The lowest BCUT2D eigenvalue weighted by Crippen LogP contribution is -2.29. The highest BCUT2D eigenvalue weighted by Gasteiger charge is 2.26. The fraction of sp³-hybridized carbons (Fsp3) is 0. The van der Waals surface area contributed by atoms with Gasteiger partial charge < -0.3 is 16.0 Å². The molecule has 0 radical (unpaired) electrons. The average Bonchev–Trinajstić information content (AvgIpc) is 3.41. The van der Waals surface area contributed by atoms with Crippen LogP contribution in [0.2, 0.25) is 0 Å². The van der Waals surface area contributed by atoms with E-state index < -0.39 is 17.3 Å². The second kappa shape index (κ2) is 7.76. The van der Waals surface area contributed by atoms with Crippen LogP contribution in [0.15, 0.2) is 77.9 Å². The topological polar surface area (TPSA) is 110 Å². The predicted molar refractivity (Wildman–Crippen MR) is 123 cm³/mol. The highest BCUT2D eigenvalue weighted by atomic mass is 19.1. The number of pyridine rings is 1. The normalized spacial score (nSPS) is 13.7. The third-order valence-corrected chi connectivity index (χ3v) is 5.49. The van der Waals surface area contributed by atoms with Crippen molar-refractivity contribution in [2.45, 2.75) is 0 Å². The Kier molecular flexibility index (Phi) is 4.75. The van der Waals surface area contributed by atoms with Gasteiger partial charge in [-0.1, -0.05) is 24.3 Å². The summed E-state index contributed by atoms with van der Waals surface area (Å²) in [5.41, 5.74) is 7.86. The number of halogens is 1. The number of H-pyrrole nitrogens is 1. The molecule has 162 valence electrons. The molecule has 2 aromatic heterocycles. The molecule has 4 N–H and O–H groups in total. The molecule has 1 aliphatic heterocycles. The van der Waals surface area contributed by atoms with Crippen molar-refractivity contribution in [1.82, 2.24) is 9.55 Å². The molecule has 0 spiro atoms. The van der Waals surface area contributed by atoms with Crippen LogP contribution >= 0.6 is 0 Å². The number of fused-ring (bicyclic) bond motifs is 1. The Morgan fingerprint density at radius 1 is 1.00 bits per heavy atom. The van der Waals surface area contributed by atoms with Crippen molar-refractivity contribution in [2.75, 3.05) is 5.32 Å². The number of hydrogen-bond donors (Lipinski definition) is 3. The smallest absolute Gasteiger partial charge is 0.268 e. The van der Waals surface area contributed by atoms with Crippen LogP contribution in [0.1, 0.15) is 21.6 Å². The van der Waals surface area contributed by atoms with Crippen LogP contribution in [-0.2, 0) is 4.79 Å². The van der Waals surface area contributed by atoms with Crippen molar-refractivity contribution < 1.29 is 14.0 Å². The first-order chi connectivity index (χ1) is 15.9. The van der Waals surface area contributed by atoms with Gasteiger partial charge in [0.2, 0.25) is 0 Å². The van der Waals surface area contributed by atoms with E-state index in [2.05, 4.69) is 10.3 Å². The van der Waals surface area contributed by atoms with Gasteiger partial charge in [0.05, 0.1) is 11.3 Å². The predicted octanol–water partition coefficient (Wildman–Crippen LogP) is 3.56. The molecule has 1 aliphatic rings. The molecule has 0 fully saturated rings. The van der Waals surface area contributed by atoms with Crippen LogP contribution in [0.5, 0.6) is 0 Å². The molecule has 7 nitrogen and oxygen atoms in total. The van der Waals surface area contributed by atoms with E-state index >= 15 is 0 Å². The molecule has 0 saturated carbocycles. The summed E-state index contributed by atoms with van der Waals surface area (Å²) in [6, 6.07) is 16.1. The number of nitrogens with one attached hydrogen (secondary N) is 2. The molecule has 33 heavy (non-hydrogen) atoms. The maximum atomic E-state index is 14.2. The van der Waals surface area contributed by atoms with E-state index in [-0.39, 0.29) is 17.2 Å². The van der Waals surface area contributed by atoms with E-state index in [0.717, 1.165) is 10.3 Å². The Hall–Kier alpha value is -4.72. The van der Waals surface area contributed by atoms with Crippen LogP contribution in [0, 0.1) is 5.82 Å². The summed E-state index contributed by atoms with van der Waals surface area (Å²) >= 11 is 0. The molecular weight excluding hydrogens is 423 g/mol. The van der Waals surface area contributed by atoms with Crippen LogP contribution < -0.4 is 16.6 Å². The van der Waals surface area contributed by atoms with E-state index in [9.17, 15) is 18.8 Å². The van der Waals surface area contributed by atoms with Crippen molar-refractivity contribution in [3.63, 3.8) is 0 Å². The first kappa shape index (κ1) is 20.2. The van der Waals surface area contributed by atoms with Crippen LogP contribution in [-0.4, -0.2) is 21.4 Å². The summed E-state index contributed by atoms with van der Waals surface area (Å²) in [6.07, 6.45) is 4.90. The number of rotatable bonds is 4. The second-order valence-corrected chi connectivity index (χ2v) is 7.49. The number of amides is 2. The number of benzene rings is 2. The lowest BCUT2D eigenvalue weighted by atomic mass is 9.97. The minimum atomic E-state index is -0.933. The molecule has 4 aromatic rings. The summed E-state index contributed by atoms with van der Waals surface area (Å²) in [5.74, 6) is -1.80. The van der Waals surface area contributed by atoms with Gasteiger partial charge in [0.15, 0.2) is 0 Å². The first-order valence-corrected chi connectivity index (χ1v) is 10.1. The zero-order valence-electron chi connectivity index (χ0n) is 17.1. The number of para-hydroxylation sites is 1. The highest BCUT2D eigenvalue weighted by Crippen LogP contribution is 2.36. The lowest BCUT2D eigenvalue weighted by Gasteiger charge is -2.13. The molecule has 5 rings (SSSR count). The molecule has 0 aliphatic carbocycles. The monoisotopic (exact) mass is 440 g/mol. The molecule has 0 saturated heterocycles. The van der Waals surface area contributed by atoms with E-state index in [1.807, 2.05) is 12.1 Å². The lowest BCUT2D eigenvalue weighted by molar-refractivity contribution is -0.110. The third-order valence-electron chi connectivity index (χ3n) is 5.49. The zero-order chi connectivity index (χ0) is 23.1. The average molecular weight is 440 g/mol. The van der Waals surface area contributed by atoms with Crippen molar-refractivity contribution in [1.29, 1.82) is 0 Å². The number of aromatic amines is 1. The molecule has 0 unspecified atom stereocenters. The van der Waals surface area contributed by atoms with E-state index in [0.29, 0.717) is 28.0 Å². The third kappa shape index (κ3) is 3.43. The summed E-state index contributed by atoms with van der Waals surface area (Å²) in [4.78, 5) is 40.9. The maximum Gasteiger partial charge on any atom is 0.268 e. The fourth-order valence-corrected chi connectivity index (χ4v) is 3.95. The number of primary amides is 1. The number of aromatic nitrogens is 2. The number of carbonyl (C=O) groups excluding carboxylic acids is 2.